The van der Waals surface area contributed by atoms with Crippen LogP contribution in [0, 0.1) is 0 Å². The largest absolute Gasteiger partial charge is 0.371 e. The van der Waals surface area contributed by atoms with Crippen LogP contribution >= 0.6 is 45.2 Å². The molecule has 1 aromatic rings. The van der Waals surface area contributed by atoms with Crippen LogP contribution in [0.15, 0.2) is 29.2 Å². The Labute approximate surface area is 136 Å². The second kappa shape index (κ2) is 7.85. The van der Waals surface area contributed by atoms with Crippen molar-refractivity contribution in [2.45, 2.75) is 11.3 Å². The third-order valence-corrected chi connectivity index (χ3v) is 4.62. The van der Waals surface area contributed by atoms with Gasteiger partial charge in [-0.2, -0.15) is 0 Å². The number of benzene rings is 1. The lowest BCUT2D eigenvalue weighted by Crippen LogP contribution is -2.26. The summed E-state index contributed by atoms with van der Waals surface area (Å²) < 4.78 is 24.5. The molecule has 4 nitrogen and oxygen atoms in total. The highest BCUT2D eigenvalue weighted by Crippen LogP contribution is 2.18. The normalized spacial score (nSPS) is 11.5. The predicted octanol–water partition coefficient (Wildman–Crippen LogP) is 2.40. The monoisotopic (exact) mass is 494 g/mol. The van der Waals surface area contributed by atoms with Gasteiger partial charge >= 0.3 is 0 Å². The molecule has 0 atom stereocenters. The van der Waals surface area contributed by atoms with E-state index in [4.69, 9.17) is 5.14 Å². The van der Waals surface area contributed by atoms with Crippen molar-refractivity contribution in [3.63, 3.8) is 0 Å². The second-order valence-corrected chi connectivity index (χ2v) is 7.48. The van der Waals surface area contributed by atoms with Gasteiger partial charge in [-0.25, -0.2) is 13.6 Å². The molecule has 0 fully saturated rings. The molecule has 0 aromatic heterocycles. The third kappa shape index (κ3) is 5.17. The maximum Gasteiger partial charge on any atom is 0.238 e. The third-order valence-electron chi connectivity index (χ3n) is 2.45. The van der Waals surface area contributed by atoms with Gasteiger partial charge in [0.25, 0.3) is 0 Å². The number of anilines is 1. The Morgan fingerprint density at radius 3 is 2.11 bits per heavy atom. The van der Waals surface area contributed by atoms with Crippen molar-refractivity contribution in [2.75, 3.05) is 26.8 Å². The fourth-order valence-electron chi connectivity index (χ4n) is 1.57. The molecular formula is C11H16I2N2O2S. The van der Waals surface area contributed by atoms with Crippen LogP contribution in [0.1, 0.15) is 6.42 Å². The summed E-state index contributed by atoms with van der Waals surface area (Å²) in [7, 11) is -3.60. The average Bonchev–Trinajstić information content (AvgIpc) is 2.33. The highest BCUT2D eigenvalue weighted by atomic mass is 127. The highest BCUT2D eigenvalue weighted by molar-refractivity contribution is 14.1. The molecule has 0 unspecified atom stereocenters. The van der Waals surface area contributed by atoms with Gasteiger partial charge in [0.15, 0.2) is 0 Å². The smallest absolute Gasteiger partial charge is 0.238 e. The average molecular weight is 494 g/mol. The molecule has 0 amide bonds. The Morgan fingerprint density at radius 2 is 1.67 bits per heavy atom. The summed E-state index contributed by atoms with van der Waals surface area (Å²) in [5, 5.41) is 5.08. The lowest BCUT2D eigenvalue weighted by atomic mass is 10.2. The first-order valence-corrected chi connectivity index (χ1v) is 10.1. The molecule has 0 heterocycles. The Morgan fingerprint density at radius 1 is 1.06 bits per heavy atom. The number of rotatable bonds is 7. The van der Waals surface area contributed by atoms with Crippen LogP contribution in [-0.2, 0) is 10.0 Å². The van der Waals surface area contributed by atoms with Gasteiger partial charge in [-0.15, -0.1) is 0 Å². The van der Waals surface area contributed by atoms with Crippen LogP contribution in [0.2, 0.25) is 0 Å². The van der Waals surface area contributed by atoms with E-state index in [1.165, 1.54) is 0 Å². The van der Waals surface area contributed by atoms with E-state index >= 15 is 0 Å². The number of hydrogen-bond acceptors (Lipinski definition) is 3. The highest BCUT2D eigenvalue weighted by Gasteiger charge is 2.09. The molecule has 0 radical (unpaired) electrons. The van der Waals surface area contributed by atoms with Crippen LogP contribution in [-0.4, -0.2) is 30.4 Å². The fourth-order valence-corrected chi connectivity index (χ4v) is 3.01. The lowest BCUT2D eigenvalue weighted by Gasteiger charge is -2.23. The summed E-state index contributed by atoms with van der Waals surface area (Å²) in [5.74, 6) is 0. The molecule has 0 bridgehead atoms. The first-order chi connectivity index (χ1) is 8.49. The van der Waals surface area contributed by atoms with E-state index in [2.05, 4.69) is 50.1 Å². The molecule has 1 aromatic carbocycles. The van der Waals surface area contributed by atoms with Gasteiger partial charge in [0.1, 0.15) is 0 Å². The van der Waals surface area contributed by atoms with Crippen molar-refractivity contribution < 1.29 is 8.42 Å². The van der Waals surface area contributed by atoms with Crippen molar-refractivity contribution in [2.24, 2.45) is 5.14 Å². The summed E-state index contributed by atoms with van der Waals surface area (Å²) in [4.78, 5) is 2.42. The first kappa shape index (κ1) is 16.4. The molecule has 0 saturated carbocycles. The van der Waals surface area contributed by atoms with Crippen LogP contribution in [0.3, 0.4) is 0 Å². The van der Waals surface area contributed by atoms with Gasteiger partial charge in [-0.3, -0.25) is 0 Å². The molecule has 0 aliphatic carbocycles. The summed E-state index contributed by atoms with van der Waals surface area (Å²) >= 11 is 4.70. The van der Waals surface area contributed by atoms with E-state index < -0.39 is 10.0 Å². The SMILES string of the molecule is NS(=O)(=O)c1ccc(N(CCI)CCCI)cc1. The van der Waals surface area contributed by atoms with E-state index in [1.807, 2.05) is 12.1 Å². The number of alkyl halides is 2. The molecular weight excluding hydrogens is 478 g/mol. The van der Waals surface area contributed by atoms with Crippen molar-refractivity contribution in [3.05, 3.63) is 24.3 Å². The number of halogens is 2. The Bertz CT molecular complexity index is 462. The molecule has 102 valence electrons. The summed E-state index contributed by atoms with van der Waals surface area (Å²) in [6.07, 6.45) is 1.12. The van der Waals surface area contributed by atoms with E-state index in [0.29, 0.717) is 0 Å². The first-order valence-electron chi connectivity index (χ1n) is 5.49. The molecule has 0 saturated heterocycles. The predicted molar refractivity (Wildman–Crippen MR) is 92.4 cm³/mol. The minimum Gasteiger partial charge on any atom is -0.371 e. The van der Waals surface area contributed by atoms with Gasteiger partial charge in [-0.05, 0) is 30.7 Å². The van der Waals surface area contributed by atoms with Crippen molar-refractivity contribution in [3.8, 4) is 0 Å². The van der Waals surface area contributed by atoms with Gasteiger partial charge in [0.05, 0.1) is 4.90 Å². The number of hydrogen-bond donors (Lipinski definition) is 1. The molecule has 7 heteroatoms. The standard InChI is InChI=1S/C11H16I2N2O2S/c12-6-1-8-15(9-7-13)10-2-4-11(5-3-10)18(14,16)17/h2-5H,1,6-9H2,(H2,14,16,17). The zero-order chi connectivity index (χ0) is 13.6. The minimum absolute atomic E-state index is 0.162. The quantitative estimate of drug-likeness (QED) is 0.468. The number of sulfonamides is 1. The van der Waals surface area contributed by atoms with Crippen molar-refractivity contribution >= 4 is 60.9 Å². The zero-order valence-electron chi connectivity index (χ0n) is 9.85. The summed E-state index contributed by atoms with van der Waals surface area (Å²) in [6.45, 7) is 1.95. The molecule has 1 rings (SSSR count). The minimum atomic E-state index is -3.60. The van der Waals surface area contributed by atoms with E-state index in [1.54, 1.807) is 12.1 Å². The van der Waals surface area contributed by atoms with Crippen LogP contribution in [0.25, 0.3) is 0 Å². The Hall–Kier alpha value is 0.390. The van der Waals surface area contributed by atoms with Crippen LogP contribution in [0.4, 0.5) is 5.69 Å². The Kier molecular flexibility index (Phi) is 7.17. The van der Waals surface area contributed by atoms with E-state index in [9.17, 15) is 8.42 Å². The maximum atomic E-state index is 11.2. The van der Waals surface area contributed by atoms with E-state index in [0.717, 1.165) is 34.1 Å². The van der Waals surface area contributed by atoms with Gasteiger partial charge in [0.2, 0.25) is 10.0 Å². The van der Waals surface area contributed by atoms with Crippen molar-refractivity contribution in [1.29, 1.82) is 0 Å². The molecule has 2 N–H and O–H groups in total. The number of nitrogens with two attached hydrogens (primary N) is 1. The lowest BCUT2D eigenvalue weighted by molar-refractivity contribution is 0.598. The maximum absolute atomic E-state index is 11.2. The van der Waals surface area contributed by atoms with Gasteiger partial charge in [-0.1, -0.05) is 45.2 Å². The van der Waals surface area contributed by atoms with Crippen LogP contribution < -0.4 is 10.0 Å². The molecule has 18 heavy (non-hydrogen) atoms. The fraction of sp³-hybridized carbons (Fsp3) is 0.455. The summed E-state index contributed by atoms with van der Waals surface area (Å²) in [5.41, 5.74) is 1.05. The summed E-state index contributed by atoms with van der Waals surface area (Å²) in [6, 6.07) is 6.77. The second-order valence-electron chi connectivity index (χ2n) is 3.76. The van der Waals surface area contributed by atoms with E-state index in [-0.39, 0.29) is 4.90 Å². The zero-order valence-corrected chi connectivity index (χ0v) is 15.0. The molecule has 0 aliphatic rings. The molecule has 0 aliphatic heterocycles. The number of primary sulfonamides is 1. The van der Waals surface area contributed by atoms with Gasteiger partial charge < -0.3 is 4.90 Å². The topological polar surface area (TPSA) is 63.4 Å². The van der Waals surface area contributed by atoms with Crippen LogP contribution in [0.5, 0.6) is 0 Å². The molecule has 0 spiro atoms. The Balaban J connectivity index is 2.86. The number of nitrogens with zero attached hydrogens (tertiary/aromatic N) is 1. The van der Waals surface area contributed by atoms with Gasteiger partial charge in [0, 0.05) is 27.6 Å². The van der Waals surface area contributed by atoms with Crippen molar-refractivity contribution in [1.82, 2.24) is 0 Å².